The molecule has 2 fully saturated rings. The largest absolute Gasteiger partial charge is 0.351 e. The second-order valence-corrected chi connectivity index (χ2v) is 14.8. The summed E-state index contributed by atoms with van der Waals surface area (Å²) in [6, 6.07) is 8.01. The molecule has 2 aromatic carbocycles. The van der Waals surface area contributed by atoms with Gasteiger partial charge in [-0.05, 0) is 101 Å². The molecule has 3 aliphatic rings. The molecule has 2 heterocycles. The number of rotatable bonds is 4. The number of nitrogens with zero attached hydrogens (tertiary/aromatic N) is 2. The van der Waals surface area contributed by atoms with E-state index in [9.17, 15) is 18.4 Å². The van der Waals surface area contributed by atoms with Gasteiger partial charge < -0.3 is 10.2 Å². The topological polar surface area (TPSA) is 52.7 Å². The summed E-state index contributed by atoms with van der Waals surface area (Å²) in [5, 5.41) is 3.89. The zero-order chi connectivity index (χ0) is 30.8. The highest BCUT2D eigenvalue weighted by Crippen LogP contribution is 2.56. The monoisotopic (exact) mass is 599 g/mol. The van der Waals surface area contributed by atoms with Crippen molar-refractivity contribution >= 4 is 23.4 Å². The van der Waals surface area contributed by atoms with Crippen molar-refractivity contribution in [2.24, 2.45) is 5.92 Å². The molecule has 42 heavy (non-hydrogen) atoms. The van der Waals surface area contributed by atoms with Gasteiger partial charge in [0.15, 0.2) is 0 Å². The van der Waals surface area contributed by atoms with Gasteiger partial charge in [-0.1, -0.05) is 23.7 Å². The van der Waals surface area contributed by atoms with Crippen LogP contribution in [0.2, 0.25) is 5.02 Å². The molecule has 228 valence electrons. The van der Waals surface area contributed by atoms with Crippen LogP contribution in [0.25, 0.3) is 0 Å². The van der Waals surface area contributed by atoms with E-state index in [1.807, 2.05) is 11.8 Å². The van der Waals surface area contributed by atoms with Crippen LogP contribution in [-0.4, -0.2) is 58.9 Å². The Balaban J connectivity index is 1.40. The number of carbonyl (C=O) groups excluding carboxylic acids is 2. The fourth-order valence-corrected chi connectivity index (χ4v) is 7.99. The van der Waals surface area contributed by atoms with E-state index in [-0.39, 0.29) is 34.6 Å². The third kappa shape index (κ3) is 5.59. The van der Waals surface area contributed by atoms with Crippen LogP contribution in [0.4, 0.5) is 8.78 Å². The maximum atomic E-state index is 15.0. The van der Waals surface area contributed by atoms with Crippen molar-refractivity contribution in [3.05, 3.63) is 69.2 Å². The normalized spacial score (nSPS) is 24.2. The van der Waals surface area contributed by atoms with Crippen molar-refractivity contribution in [1.82, 2.24) is 15.1 Å². The Hall–Kier alpha value is -2.51. The molecule has 8 heteroatoms. The van der Waals surface area contributed by atoms with Crippen LogP contribution in [0.3, 0.4) is 0 Å². The molecule has 5 nitrogen and oxygen atoms in total. The van der Waals surface area contributed by atoms with Gasteiger partial charge in [-0.25, -0.2) is 8.78 Å². The Kier molecular flexibility index (Phi) is 8.02. The molecular formula is C34H44ClF2N3O2. The Labute approximate surface area is 254 Å². The number of aryl methyl sites for hydroxylation is 1. The van der Waals surface area contributed by atoms with Crippen molar-refractivity contribution < 1.29 is 18.4 Å². The van der Waals surface area contributed by atoms with E-state index in [2.05, 4.69) is 57.0 Å². The molecule has 3 atom stereocenters. The second-order valence-electron chi connectivity index (χ2n) is 14.4. The summed E-state index contributed by atoms with van der Waals surface area (Å²) in [5.41, 5.74) is 3.16. The minimum atomic E-state index is -0.612. The number of halogens is 3. The summed E-state index contributed by atoms with van der Waals surface area (Å²) in [5.74, 6) is -1.86. The Bertz CT molecular complexity index is 1390. The van der Waals surface area contributed by atoms with Crippen molar-refractivity contribution in [2.45, 2.75) is 96.1 Å². The zero-order valence-corrected chi connectivity index (χ0v) is 26.7. The molecule has 1 aliphatic carbocycles. The summed E-state index contributed by atoms with van der Waals surface area (Å²) < 4.78 is 28.8. The molecule has 0 aromatic heterocycles. The van der Waals surface area contributed by atoms with Crippen LogP contribution in [0.15, 0.2) is 30.3 Å². The van der Waals surface area contributed by atoms with Gasteiger partial charge in [-0.3, -0.25) is 14.5 Å². The van der Waals surface area contributed by atoms with Crippen molar-refractivity contribution in [1.29, 1.82) is 0 Å². The first-order valence-electron chi connectivity index (χ1n) is 15.1. The summed E-state index contributed by atoms with van der Waals surface area (Å²) in [6.45, 7) is 16.3. The Morgan fingerprint density at radius 1 is 1.00 bits per heavy atom. The number of hydrogen-bond donors (Lipinski definition) is 1. The molecular weight excluding hydrogens is 556 g/mol. The quantitative estimate of drug-likeness (QED) is 0.425. The average molecular weight is 600 g/mol. The summed E-state index contributed by atoms with van der Waals surface area (Å²) in [7, 11) is 0. The van der Waals surface area contributed by atoms with E-state index in [4.69, 9.17) is 11.6 Å². The first kappa shape index (κ1) is 30.9. The lowest BCUT2D eigenvalue weighted by atomic mass is 9.71. The molecule has 2 aromatic rings. The van der Waals surface area contributed by atoms with E-state index in [1.54, 1.807) is 6.92 Å². The lowest BCUT2D eigenvalue weighted by Gasteiger charge is -2.42. The highest BCUT2D eigenvalue weighted by molar-refractivity contribution is 6.31. The summed E-state index contributed by atoms with van der Waals surface area (Å²) in [4.78, 5) is 30.5. The van der Waals surface area contributed by atoms with Gasteiger partial charge in [0.2, 0.25) is 11.8 Å². The second kappa shape index (κ2) is 10.9. The van der Waals surface area contributed by atoms with E-state index in [0.29, 0.717) is 31.7 Å². The predicted molar refractivity (Wildman–Crippen MR) is 163 cm³/mol. The van der Waals surface area contributed by atoms with Crippen molar-refractivity contribution in [3.63, 3.8) is 0 Å². The number of amides is 2. The van der Waals surface area contributed by atoms with E-state index >= 15 is 0 Å². The van der Waals surface area contributed by atoms with Gasteiger partial charge in [0.1, 0.15) is 11.6 Å². The third-order valence-electron chi connectivity index (χ3n) is 10.2. The molecule has 2 aliphatic heterocycles. The van der Waals surface area contributed by atoms with Gasteiger partial charge in [0, 0.05) is 67.1 Å². The van der Waals surface area contributed by atoms with E-state index in [0.717, 1.165) is 35.9 Å². The van der Waals surface area contributed by atoms with Crippen LogP contribution in [0.1, 0.15) is 94.9 Å². The molecule has 1 spiro atoms. The first-order valence-corrected chi connectivity index (χ1v) is 15.5. The van der Waals surface area contributed by atoms with Gasteiger partial charge in [-0.15, -0.1) is 0 Å². The zero-order valence-electron chi connectivity index (χ0n) is 25.9. The molecule has 0 saturated carbocycles. The highest BCUT2D eigenvalue weighted by Gasteiger charge is 2.52. The first-order chi connectivity index (χ1) is 19.5. The van der Waals surface area contributed by atoms with Crippen LogP contribution >= 0.6 is 11.6 Å². The number of benzene rings is 2. The van der Waals surface area contributed by atoms with E-state index in [1.165, 1.54) is 23.3 Å². The van der Waals surface area contributed by atoms with E-state index < -0.39 is 23.1 Å². The molecule has 1 unspecified atom stereocenters. The number of hydrogen-bond acceptors (Lipinski definition) is 3. The van der Waals surface area contributed by atoms with Gasteiger partial charge in [0.05, 0.1) is 5.92 Å². The van der Waals surface area contributed by atoms with Gasteiger partial charge in [0.25, 0.3) is 0 Å². The fraction of sp³-hybridized carbons (Fsp3) is 0.588. The van der Waals surface area contributed by atoms with Gasteiger partial charge >= 0.3 is 0 Å². The van der Waals surface area contributed by atoms with Gasteiger partial charge in [-0.2, -0.15) is 0 Å². The maximum Gasteiger partial charge on any atom is 0.227 e. The SMILES string of the molecule is CC(=O)NC(C)(C)[C@@H]1CC2(CCN(C(=O)C3CN(C(C)(C)C)C[C@H]3c3ccc(F)cc3F)CC2)c2cc(C)c(Cl)cc21. The lowest BCUT2D eigenvalue weighted by molar-refractivity contribution is -0.137. The molecule has 1 N–H and O–H groups in total. The average Bonchev–Trinajstić information content (AvgIpc) is 3.45. The number of piperidine rings is 1. The van der Waals surface area contributed by atoms with Crippen LogP contribution in [-0.2, 0) is 15.0 Å². The maximum absolute atomic E-state index is 15.0. The Morgan fingerprint density at radius 3 is 2.26 bits per heavy atom. The standard InChI is InChI=1S/C34H44ClF2N3O2/c1-20-14-27-24(16-29(20)35)28(33(6,7)38-21(2)41)17-34(27)10-12-39(13-11-34)31(42)26-19-40(32(3,4)5)18-25(26)23-9-8-22(36)15-30(23)37/h8-9,14-16,25-26,28H,10-13,17-19H2,1-7H3,(H,38,41)/t25-,26?,28+/m0/s1. The third-order valence-corrected chi connectivity index (χ3v) is 10.6. The summed E-state index contributed by atoms with van der Waals surface area (Å²) >= 11 is 6.61. The van der Waals surface area contributed by atoms with Crippen molar-refractivity contribution in [2.75, 3.05) is 26.2 Å². The molecule has 0 radical (unpaired) electrons. The number of fused-ring (bicyclic) bond motifs is 2. The minimum Gasteiger partial charge on any atom is -0.351 e. The highest BCUT2D eigenvalue weighted by atomic mass is 35.5. The molecule has 2 saturated heterocycles. The number of nitrogens with one attached hydrogen (secondary N) is 1. The molecule has 5 rings (SSSR count). The number of likely N-dealkylation sites (tertiary alicyclic amines) is 2. The van der Waals surface area contributed by atoms with Crippen LogP contribution in [0.5, 0.6) is 0 Å². The number of carbonyl (C=O) groups is 2. The molecule has 2 amide bonds. The molecule has 0 bridgehead atoms. The Morgan fingerprint density at radius 2 is 1.67 bits per heavy atom. The lowest BCUT2D eigenvalue weighted by Crippen LogP contribution is -2.49. The van der Waals surface area contributed by atoms with Crippen molar-refractivity contribution in [3.8, 4) is 0 Å². The smallest absolute Gasteiger partial charge is 0.227 e. The van der Waals surface area contributed by atoms with Crippen LogP contribution < -0.4 is 5.32 Å². The fourth-order valence-electron chi connectivity index (χ4n) is 7.82. The van der Waals surface area contributed by atoms with Crippen LogP contribution in [0, 0.1) is 24.5 Å². The minimum absolute atomic E-state index is 0.0472. The summed E-state index contributed by atoms with van der Waals surface area (Å²) in [6.07, 6.45) is 2.50. The predicted octanol–water partition coefficient (Wildman–Crippen LogP) is 6.70.